The maximum absolute atomic E-state index is 12.8. The molecule has 0 saturated carbocycles. The first kappa shape index (κ1) is 18.8. The van der Waals surface area contributed by atoms with E-state index in [1.54, 1.807) is 29.8 Å². The van der Waals surface area contributed by atoms with E-state index in [1.165, 1.54) is 11.3 Å². The normalized spacial score (nSPS) is 16.8. The zero-order valence-corrected chi connectivity index (χ0v) is 16.0. The Morgan fingerprint density at radius 1 is 1.38 bits per heavy atom. The standard InChI is InChI=1S/C17H21N3O4S2/c1-26(22,23)17(5-7-18-8-6-17)16(21)20-13-3-2-4-15(9-13)24-10-14-11-25-12-19-14/h2-4,9,11-12,18H,5-8,10H2,1H3,(H,20,21). The van der Waals surface area contributed by atoms with Crippen LogP contribution in [0.15, 0.2) is 35.2 Å². The van der Waals surface area contributed by atoms with E-state index < -0.39 is 20.5 Å². The Bertz CT molecular complexity index is 860. The van der Waals surface area contributed by atoms with E-state index in [-0.39, 0.29) is 12.8 Å². The number of thiazole rings is 1. The fraction of sp³-hybridized carbons (Fsp3) is 0.412. The summed E-state index contributed by atoms with van der Waals surface area (Å²) in [6, 6.07) is 6.92. The van der Waals surface area contributed by atoms with E-state index in [2.05, 4.69) is 15.6 Å². The quantitative estimate of drug-likeness (QED) is 0.774. The van der Waals surface area contributed by atoms with Gasteiger partial charge in [0.1, 0.15) is 12.4 Å². The van der Waals surface area contributed by atoms with Gasteiger partial charge < -0.3 is 15.4 Å². The van der Waals surface area contributed by atoms with Crippen molar-refractivity contribution < 1.29 is 17.9 Å². The molecule has 0 radical (unpaired) electrons. The minimum Gasteiger partial charge on any atom is -0.487 e. The van der Waals surface area contributed by atoms with Crippen LogP contribution in [-0.2, 0) is 21.2 Å². The molecule has 1 saturated heterocycles. The van der Waals surface area contributed by atoms with Crippen molar-refractivity contribution in [1.29, 1.82) is 0 Å². The molecule has 1 aromatic heterocycles. The summed E-state index contributed by atoms with van der Waals surface area (Å²) in [5, 5.41) is 7.75. The average molecular weight is 396 g/mol. The summed E-state index contributed by atoms with van der Waals surface area (Å²) in [4.78, 5) is 17.0. The molecule has 0 spiro atoms. The molecule has 26 heavy (non-hydrogen) atoms. The van der Waals surface area contributed by atoms with Crippen molar-refractivity contribution in [2.45, 2.75) is 24.2 Å². The Balaban J connectivity index is 1.73. The first-order valence-electron chi connectivity index (χ1n) is 8.22. The number of hydrogen-bond donors (Lipinski definition) is 2. The molecule has 0 atom stereocenters. The third-order valence-corrected chi connectivity index (χ3v) is 7.15. The van der Waals surface area contributed by atoms with Crippen molar-refractivity contribution in [2.24, 2.45) is 0 Å². The van der Waals surface area contributed by atoms with Gasteiger partial charge in [0.15, 0.2) is 14.6 Å². The zero-order valence-electron chi connectivity index (χ0n) is 14.4. The number of anilines is 1. The van der Waals surface area contributed by atoms with Crippen molar-refractivity contribution in [3.05, 3.63) is 40.8 Å². The molecule has 0 aliphatic carbocycles. The molecule has 2 heterocycles. The second-order valence-corrected chi connectivity index (χ2v) is 9.31. The number of carbonyl (C=O) groups excluding carboxylic acids is 1. The van der Waals surface area contributed by atoms with Gasteiger partial charge in [-0.25, -0.2) is 13.4 Å². The minimum atomic E-state index is -3.55. The van der Waals surface area contributed by atoms with Gasteiger partial charge in [0.05, 0.1) is 11.2 Å². The first-order valence-corrected chi connectivity index (χ1v) is 11.1. The molecule has 2 aromatic rings. The van der Waals surface area contributed by atoms with Crippen LogP contribution in [0.1, 0.15) is 18.5 Å². The predicted molar refractivity (Wildman–Crippen MR) is 101 cm³/mol. The van der Waals surface area contributed by atoms with Gasteiger partial charge in [0.2, 0.25) is 5.91 Å². The minimum absolute atomic E-state index is 0.262. The third-order valence-electron chi connectivity index (χ3n) is 4.50. The second kappa shape index (κ2) is 7.73. The molecule has 7 nitrogen and oxygen atoms in total. The van der Waals surface area contributed by atoms with E-state index in [0.717, 1.165) is 11.9 Å². The van der Waals surface area contributed by atoms with Crippen LogP contribution in [0.3, 0.4) is 0 Å². The lowest BCUT2D eigenvalue weighted by molar-refractivity contribution is -0.119. The average Bonchev–Trinajstić information content (AvgIpc) is 3.13. The Hall–Kier alpha value is -1.97. The summed E-state index contributed by atoms with van der Waals surface area (Å²) in [5.74, 6) is 0.0904. The molecule has 9 heteroatoms. The highest BCUT2D eigenvalue weighted by molar-refractivity contribution is 7.92. The third kappa shape index (κ3) is 4.05. The van der Waals surface area contributed by atoms with Crippen LogP contribution in [0.25, 0.3) is 0 Å². The van der Waals surface area contributed by atoms with Crippen LogP contribution in [0.4, 0.5) is 5.69 Å². The van der Waals surface area contributed by atoms with Crippen molar-refractivity contribution in [1.82, 2.24) is 10.3 Å². The Labute approximate surface area is 156 Å². The maximum Gasteiger partial charge on any atom is 0.245 e. The number of carbonyl (C=O) groups is 1. The highest BCUT2D eigenvalue weighted by Crippen LogP contribution is 2.30. The first-order chi connectivity index (χ1) is 12.4. The van der Waals surface area contributed by atoms with E-state index in [1.807, 2.05) is 5.38 Å². The molecule has 1 aromatic carbocycles. The van der Waals surface area contributed by atoms with Crippen molar-refractivity contribution in [2.75, 3.05) is 24.7 Å². The summed E-state index contributed by atoms with van der Waals surface area (Å²) >= 11 is 1.49. The number of amides is 1. The number of nitrogens with zero attached hydrogens (tertiary/aromatic N) is 1. The molecule has 3 rings (SSSR count). The maximum atomic E-state index is 12.8. The molecular weight excluding hydrogens is 374 g/mol. The van der Waals surface area contributed by atoms with Crippen molar-refractivity contribution >= 4 is 32.8 Å². The Morgan fingerprint density at radius 2 is 2.15 bits per heavy atom. The molecule has 1 amide bonds. The number of sulfone groups is 1. The van der Waals surface area contributed by atoms with Crippen LogP contribution in [0.5, 0.6) is 5.75 Å². The topological polar surface area (TPSA) is 97.4 Å². The summed E-state index contributed by atoms with van der Waals surface area (Å²) < 4.78 is 28.9. The summed E-state index contributed by atoms with van der Waals surface area (Å²) in [6.07, 6.45) is 1.65. The van der Waals surface area contributed by atoms with Crippen molar-refractivity contribution in [3.63, 3.8) is 0 Å². The molecule has 0 bridgehead atoms. The summed E-state index contributed by atoms with van der Waals surface area (Å²) in [6.45, 7) is 1.33. The summed E-state index contributed by atoms with van der Waals surface area (Å²) in [7, 11) is -3.55. The fourth-order valence-electron chi connectivity index (χ4n) is 2.97. The van der Waals surface area contributed by atoms with E-state index >= 15 is 0 Å². The molecule has 1 aliphatic heterocycles. The van der Waals surface area contributed by atoms with Crippen LogP contribution < -0.4 is 15.4 Å². The molecule has 140 valence electrons. The number of nitrogens with one attached hydrogen (secondary N) is 2. The van der Waals surface area contributed by atoms with E-state index in [0.29, 0.717) is 31.1 Å². The van der Waals surface area contributed by atoms with Crippen molar-refractivity contribution in [3.8, 4) is 5.75 Å². The SMILES string of the molecule is CS(=O)(=O)C1(C(=O)Nc2cccc(OCc3cscn3)c2)CCNCC1. The second-order valence-electron chi connectivity index (χ2n) is 6.27. The van der Waals surface area contributed by atoms with Crippen LogP contribution in [-0.4, -0.2) is 43.4 Å². The smallest absolute Gasteiger partial charge is 0.245 e. The van der Waals surface area contributed by atoms with Crippen LogP contribution in [0.2, 0.25) is 0 Å². The van der Waals surface area contributed by atoms with E-state index in [9.17, 15) is 13.2 Å². The van der Waals surface area contributed by atoms with Gasteiger partial charge >= 0.3 is 0 Å². The molecular formula is C17H21N3O4S2. The van der Waals surface area contributed by atoms with E-state index in [4.69, 9.17) is 4.74 Å². The molecule has 1 aliphatic rings. The van der Waals surface area contributed by atoms with Crippen LogP contribution in [0, 0.1) is 0 Å². The van der Waals surface area contributed by atoms with Gasteiger partial charge in [-0.3, -0.25) is 4.79 Å². The highest BCUT2D eigenvalue weighted by Gasteiger charge is 2.48. The fourth-order valence-corrected chi connectivity index (χ4v) is 4.85. The lowest BCUT2D eigenvalue weighted by Crippen LogP contribution is -2.55. The Morgan fingerprint density at radius 3 is 2.81 bits per heavy atom. The van der Waals surface area contributed by atoms with Gasteiger partial charge in [-0.15, -0.1) is 11.3 Å². The lowest BCUT2D eigenvalue weighted by Gasteiger charge is -2.34. The number of rotatable bonds is 6. The summed E-state index contributed by atoms with van der Waals surface area (Å²) in [5.41, 5.74) is 3.07. The number of hydrogen-bond acceptors (Lipinski definition) is 7. The Kier molecular flexibility index (Phi) is 5.59. The molecule has 1 fully saturated rings. The van der Waals surface area contributed by atoms with Gasteiger partial charge in [0, 0.05) is 23.4 Å². The highest BCUT2D eigenvalue weighted by atomic mass is 32.2. The van der Waals surface area contributed by atoms with Crippen LogP contribution >= 0.6 is 11.3 Å². The number of benzene rings is 1. The largest absolute Gasteiger partial charge is 0.487 e. The predicted octanol–water partition coefficient (Wildman–Crippen LogP) is 1.83. The number of aromatic nitrogens is 1. The van der Waals surface area contributed by atoms with Gasteiger partial charge in [-0.05, 0) is 38.1 Å². The van der Waals surface area contributed by atoms with Gasteiger partial charge in [-0.1, -0.05) is 6.07 Å². The zero-order chi connectivity index (χ0) is 18.6. The van der Waals surface area contributed by atoms with Gasteiger partial charge in [0.25, 0.3) is 0 Å². The number of ether oxygens (including phenoxy) is 1. The lowest BCUT2D eigenvalue weighted by atomic mass is 9.95. The monoisotopic (exact) mass is 395 g/mol. The molecule has 0 unspecified atom stereocenters. The number of piperidine rings is 1. The molecule has 2 N–H and O–H groups in total. The van der Waals surface area contributed by atoms with Gasteiger partial charge in [-0.2, -0.15) is 0 Å².